The van der Waals surface area contributed by atoms with Crippen LogP contribution in [0, 0.1) is 5.92 Å². The number of rotatable bonds is 7. The summed E-state index contributed by atoms with van der Waals surface area (Å²) in [7, 11) is -3.71. The Balaban J connectivity index is 1.27. The molecule has 0 spiro atoms. The summed E-state index contributed by atoms with van der Waals surface area (Å²) < 4.78 is 35.4. The van der Waals surface area contributed by atoms with Crippen LogP contribution in [0.3, 0.4) is 0 Å². The first-order valence-electron chi connectivity index (χ1n) is 12.6. The lowest BCUT2D eigenvalue weighted by Crippen LogP contribution is -2.41. The number of hydrogen-bond donors (Lipinski definition) is 1. The average molecular weight is 540 g/mol. The second-order valence-corrected chi connectivity index (χ2v) is 11.5. The van der Waals surface area contributed by atoms with Crippen LogP contribution in [0.25, 0.3) is 21.8 Å². The van der Waals surface area contributed by atoms with Crippen LogP contribution >= 0.6 is 11.6 Å². The minimum atomic E-state index is -3.71. The number of sulfonamides is 1. The third-order valence-corrected chi connectivity index (χ3v) is 9.21. The standard InChI is InChI=1S/C28H30ClN3O4S/c1-3-32-25-8-6-5-7-22(25)23-17-20(9-11-26(23)32)30-28(33)19-13-15-31(16-14-19)37(34,35)21-10-12-27(36-4-2)24(29)18-21/h5-12,17-19H,3-4,13-16H2,1-2H3,(H,30,33). The van der Waals surface area contributed by atoms with Crippen molar-refractivity contribution in [3.05, 3.63) is 65.7 Å². The molecule has 1 aromatic heterocycles. The highest BCUT2D eigenvalue weighted by atomic mass is 35.5. The summed E-state index contributed by atoms with van der Waals surface area (Å²) in [6, 6.07) is 18.8. The Morgan fingerprint density at radius 1 is 1.00 bits per heavy atom. The van der Waals surface area contributed by atoms with Gasteiger partial charge in [-0.05, 0) is 69.2 Å². The predicted octanol–water partition coefficient (Wildman–Crippen LogP) is 5.91. The first-order valence-corrected chi connectivity index (χ1v) is 14.4. The van der Waals surface area contributed by atoms with E-state index in [1.165, 1.54) is 22.0 Å². The summed E-state index contributed by atoms with van der Waals surface area (Å²) in [6.07, 6.45) is 0.903. The first-order chi connectivity index (χ1) is 17.8. The molecule has 1 fully saturated rings. The lowest BCUT2D eigenvalue weighted by Gasteiger charge is -2.30. The van der Waals surface area contributed by atoms with Gasteiger partial charge >= 0.3 is 0 Å². The lowest BCUT2D eigenvalue weighted by atomic mass is 9.97. The Hall–Kier alpha value is -3.07. The summed E-state index contributed by atoms with van der Waals surface area (Å²) in [5, 5.41) is 5.58. The minimum Gasteiger partial charge on any atom is -0.492 e. The second kappa shape index (κ2) is 10.4. The maximum absolute atomic E-state index is 13.2. The van der Waals surface area contributed by atoms with Gasteiger partial charge in [-0.1, -0.05) is 29.8 Å². The smallest absolute Gasteiger partial charge is 0.243 e. The zero-order chi connectivity index (χ0) is 26.2. The van der Waals surface area contributed by atoms with Gasteiger partial charge in [-0.25, -0.2) is 8.42 Å². The molecule has 0 saturated carbocycles. The quantitative estimate of drug-likeness (QED) is 0.317. The molecule has 0 atom stereocenters. The van der Waals surface area contributed by atoms with Crippen molar-refractivity contribution in [2.75, 3.05) is 25.0 Å². The van der Waals surface area contributed by atoms with Gasteiger partial charge in [0.05, 0.1) is 16.5 Å². The highest BCUT2D eigenvalue weighted by Gasteiger charge is 2.32. The third kappa shape index (κ3) is 4.81. The molecular weight excluding hydrogens is 510 g/mol. The summed E-state index contributed by atoms with van der Waals surface area (Å²) >= 11 is 6.21. The largest absolute Gasteiger partial charge is 0.492 e. The van der Waals surface area contributed by atoms with Gasteiger partial charge in [0.2, 0.25) is 15.9 Å². The number of nitrogens with one attached hydrogen (secondary N) is 1. The summed E-state index contributed by atoms with van der Waals surface area (Å²) in [4.78, 5) is 13.2. The van der Waals surface area contributed by atoms with Crippen molar-refractivity contribution >= 4 is 55.0 Å². The maximum Gasteiger partial charge on any atom is 0.243 e. The molecule has 3 aromatic carbocycles. The van der Waals surface area contributed by atoms with E-state index in [1.54, 1.807) is 6.07 Å². The second-order valence-electron chi connectivity index (χ2n) is 9.19. The molecule has 1 amide bonds. The fourth-order valence-electron chi connectivity index (χ4n) is 5.14. The van der Waals surface area contributed by atoms with Crippen LogP contribution in [0.5, 0.6) is 5.75 Å². The van der Waals surface area contributed by atoms with Crippen molar-refractivity contribution in [2.24, 2.45) is 5.92 Å². The molecule has 0 radical (unpaired) electrons. The van der Waals surface area contributed by atoms with Gasteiger partial charge in [-0.3, -0.25) is 4.79 Å². The number of aryl methyl sites for hydroxylation is 1. The summed E-state index contributed by atoms with van der Waals surface area (Å²) in [5.41, 5.74) is 3.05. The molecule has 9 heteroatoms. The van der Waals surface area contributed by atoms with Crippen molar-refractivity contribution in [2.45, 2.75) is 38.1 Å². The fourth-order valence-corrected chi connectivity index (χ4v) is 6.93. The molecule has 1 N–H and O–H groups in total. The number of benzene rings is 3. The number of hydrogen-bond acceptors (Lipinski definition) is 4. The van der Waals surface area contributed by atoms with Gasteiger partial charge in [0, 0.05) is 53.0 Å². The molecule has 2 heterocycles. The van der Waals surface area contributed by atoms with Crippen LogP contribution in [-0.2, 0) is 21.4 Å². The molecule has 1 saturated heterocycles. The highest BCUT2D eigenvalue weighted by Crippen LogP contribution is 2.33. The van der Waals surface area contributed by atoms with E-state index in [9.17, 15) is 13.2 Å². The molecule has 1 aliphatic heterocycles. The van der Waals surface area contributed by atoms with E-state index in [0.29, 0.717) is 25.2 Å². The minimum absolute atomic E-state index is 0.0836. The molecule has 7 nitrogen and oxygen atoms in total. The number of para-hydroxylation sites is 1. The Labute approximate surface area is 222 Å². The van der Waals surface area contributed by atoms with Gasteiger partial charge in [-0.15, -0.1) is 0 Å². The maximum atomic E-state index is 13.2. The van der Waals surface area contributed by atoms with Crippen molar-refractivity contribution in [1.82, 2.24) is 8.87 Å². The molecule has 0 unspecified atom stereocenters. The number of aromatic nitrogens is 1. The van der Waals surface area contributed by atoms with Crippen molar-refractivity contribution < 1.29 is 17.9 Å². The van der Waals surface area contributed by atoms with Crippen molar-refractivity contribution in [3.8, 4) is 5.75 Å². The van der Waals surface area contributed by atoms with E-state index >= 15 is 0 Å². The first kappa shape index (κ1) is 25.6. The van der Waals surface area contributed by atoms with E-state index in [1.807, 2.05) is 37.3 Å². The number of nitrogens with zero attached hydrogens (tertiary/aromatic N) is 2. The molecule has 37 heavy (non-hydrogen) atoms. The van der Waals surface area contributed by atoms with E-state index < -0.39 is 10.0 Å². The molecule has 1 aliphatic rings. The number of anilines is 1. The molecule has 194 valence electrons. The van der Waals surface area contributed by atoms with Crippen LogP contribution < -0.4 is 10.1 Å². The molecule has 0 aliphatic carbocycles. The monoisotopic (exact) mass is 539 g/mol. The Kier molecular flexibility index (Phi) is 7.16. The molecule has 0 bridgehead atoms. The zero-order valence-electron chi connectivity index (χ0n) is 20.9. The van der Waals surface area contributed by atoms with Crippen molar-refractivity contribution in [3.63, 3.8) is 0 Å². The van der Waals surface area contributed by atoms with Gasteiger partial charge < -0.3 is 14.6 Å². The average Bonchev–Trinajstić information content (AvgIpc) is 3.23. The van der Waals surface area contributed by atoms with E-state index in [2.05, 4.69) is 28.9 Å². The molecule has 5 rings (SSSR count). The van der Waals surface area contributed by atoms with Crippen LogP contribution in [0.15, 0.2) is 65.6 Å². The number of carbonyl (C=O) groups excluding carboxylic acids is 1. The Morgan fingerprint density at radius 2 is 1.73 bits per heavy atom. The number of ether oxygens (including phenoxy) is 1. The summed E-state index contributed by atoms with van der Waals surface area (Å²) in [6.45, 7) is 5.81. The SMILES string of the molecule is CCOc1ccc(S(=O)(=O)N2CCC(C(=O)Nc3ccc4c(c3)c3ccccc3n4CC)CC2)cc1Cl. The Morgan fingerprint density at radius 3 is 2.43 bits per heavy atom. The predicted molar refractivity (Wildman–Crippen MR) is 148 cm³/mol. The molecule has 4 aromatic rings. The lowest BCUT2D eigenvalue weighted by molar-refractivity contribution is -0.120. The Bertz CT molecular complexity index is 1570. The number of fused-ring (bicyclic) bond motifs is 3. The van der Waals surface area contributed by atoms with Crippen LogP contribution in [0.1, 0.15) is 26.7 Å². The van der Waals surface area contributed by atoms with E-state index in [4.69, 9.17) is 16.3 Å². The highest BCUT2D eigenvalue weighted by molar-refractivity contribution is 7.89. The zero-order valence-corrected chi connectivity index (χ0v) is 22.5. The third-order valence-electron chi connectivity index (χ3n) is 7.02. The summed E-state index contributed by atoms with van der Waals surface area (Å²) in [5.74, 6) is 0.110. The van der Waals surface area contributed by atoms with Crippen LogP contribution in [-0.4, -0.2) is 42.9 Å². The van der Waals surface area contributed by atoms with Gasteiger partial charge in [0.25, 0.3) is 0 Å². The van der Waals surface area contributed by atoms with Crippen LogP contribution in [0.4, 0.5) is 5.69 Å². The van der Waals surface area contributed by atoms with E-state index in [0.717, 1.165) is 28.5 Å². The number of halogens is 1. The number of carbonyl (C=O) groups is 1. The number of piperidine rings is 1. The van der Waals surface area contributed by atoms with Gasteiger partial charge in [0.15, 0.2) is 0 Å². The topological polar surface area (TPSA) is 80.6 Å². The van der Waals surface area contributed by atoms with Gasteiger partial charge in [-0.2, -0.15) is 4.31 Å². The molecular formula is C28H30ClN3O4S. The van der Waals surface area contributed by atoms with E-state index in [-0.39, 0.29) is 34.8 Å². The van der Waals surface area contributed by atoms with Crippen molar-refractivity contribution in [1.29, 1.82) is 0 Å². The van der Waals surface area contributed by atoms with Crippen LogP contribution in [0.2, 0.25) is 5.02 Å². The normalized spacial score (nSPS) is 15.3. The fraction of sp³-hybridized carbons (Fsp3) is 0.321. The van der Waals surface area contributed by atoms with Gasteiger partial charge in [0.1, 0.15) is 5.75 Å². The number of amides is 1.